The van der Waals surface area contributed by atoms with Crippen LogP contribution in [0.15, 0.2) is 24.3 Å². The van der Waals surface area contributed by atoms with Gasteiger partial charge in [-0.05, 0) is 50.7 Å². The molecule has 0 saturated carbocycles. The molecule has 3 fully saturated rings. The van der Waals surface area contributed by atoms with Crippen LogP contribution < -0.4 is 0 Å². The number of rotatable bonds is 3. The molecule has 0 unspecified atom stereocenters. The van der Waals surface area contributed by atoms with Crippen LogP contribution in [0.2, 0.25) is 0 Å². The minimum absolute atomic E-state index is 0.0147. The number of likely N-dealkylation sites (tertiary alicyclic amines) is 3. The van der Waals surface area contributed by atoms with Gasteiger partial charge < -0.3 is 14.7 Å². The van der Waals surface area contributed by atoms with Gasteiger partial charge in [0.15, 0.2) is 0 Å². The average Bonchev–Trinajstić information content (AvgIpc) is 3.19. The van der Waals surface area contributed by atoms with Crippen molar-refractivity contribution in [3.05, 3.63) is 35.4 Å². The highest BCUT2D eigenvalue weighted by atomic mass is 16.2. The number of aryl methyl sites for hydroxylation is 1. The molecule has 0 spiro atoms. The fraction of sp³-hybridized carbons (Fsp3) is 0.609. The third kappa shape index (κ3) is 4.16. The van der Waals surface area contributed by atoms with E-state index in [2.05, 4.69) is 0 Å². The highest BCUT2D eigenvalue weighted by Crippen LogP contribution is 2.26. The van der Waals surface area contributed by atoms with Crippen LogP contribution in [-0.4, -0.2) is 71.2 Å². The third-order valence-corrected chi connectivity index (χ3v) is 6.83. The summed E-state index contributed by atoms with van der Waals surface area (Å²) in [5, 5.41) is 0. The first kappa shape index (κ1) is 19.9. The maximum Gasteiger partial charge on any atom is 0.254 e. The zero-order chi connectivity index (χ0) is 20.4. The van der Waals surface area contributed by atoms with E-state index < -0.39 is 0 Å². The summed E-state index contributed by atoms with van der Waals surface area (Å²) in [5.41, 5.74) is 1.76. The second-order valence-corrected chi connectivity index (χ2v) is 8.63. The van der Waals surface area contributed by atoms with Crippen molar-refractivity contribution in [1.82, 2.24) is 14.7 Å². The van der Waals surface area contributed by atoms with Crippen molar-refractivity contribution in [2.75, 3.05) is 32.7 Å². The highest BCUT2D eigenvalue weighted by Gasteiger charge is 2.35. The molecule has 6 nitrogen and oxygen atoms in total. The maximum absolute atomic E-state index is 13.0. The minimum Gasteiger partial charge on any atom is -0.342 e. The lowest BCUT2D eigenvalue weighted by molar-refractivity contribution is -0.139. The van der Waals surface area contributed by atoms with Gasteiger partial charge in [-0.15, -0.1) is 0 Å². The Hall–Kier alpha value is -2.37. The van der Waals surface area contributed by atoms with Crippen molar-refractivity contribution in [2.45, 2.75) is 51.5 Å². The van der Waals surface area contributed by atoms with E-state index in [1.54, 1.807) is 0 Å². The predicted molar refractivity (Wildman–Crippen MR) is 110 cm³/mol. The lowest BCUT2D eigenvalue weighted by atomic mass is 9.93. The Bertz CT molecular complexity index is 777. The molecule has 156 valence electrons. The third-order valence-electron chi connectivity index (χ3n) is 6.83. The molecule has 0 aromatic heterocycles. The van der Waals surface area contributed by atoms with Gasteiger partial charge in [0.1, 0.15) is 0 Å². The van der Waals surface area contributed by atoms with Gasteiger partial charge in [-0.1, -0.05) is 18.2 Å². The summed E-state index contributed by atoms with van der Waals surface area (Å²) in [6, 6.07) is 7.99. The molecule has 29 heavy (non-hydrogen) atoms. The summed E-state index contributed by atoms with van der Waals surface area (Å²) in [6.07, 6.45) is 4.91. The molecule has 0 N–H and O–H groups in total. The van der Waals surface area contributed by atoms with Gasteiger partial charge in [-0.25, -0.2) is 0 Å². The molecule has 3 aliphatic rings. The Morgan fingerprint density at radius 3 is 2.17 bits per heavy atom. The lowest BCUT2D eigenvalue weighted by Gasteiger charge is -2.39. The fourth-order valence-electron chi connectivity index (χ4n) is 5.02. The van der Waals surface area contributed by atoms with Crippen molar-refractivity contribution in [3.8, 4) is 0 Å². The Morgan fingerprint density at radius 2 is 1.55 bits per heavy atom. The van der Waals surface area contributed by atoms with E-state index in [9.17, 15) is 14.4 Å². The molecule has 4 rings (SSSR count). The number of carbonyl (C=O) groups excluding carboxylic acids is 3. The Balaban J connectivity index is 1.27. The van der Waals surface area contributed by atoms with Gasteiger partial charge in [-0.2, -0.15) is 0 Å². The second-order valence-electron chi connectivity index (χ2n) is 8.63. The van der Waals surface area contributed by atoms with Gasteiger partial charge in [-0.3, -0.25) is 14.4 Å². The highest BCUT2D eigenvalue weighted by molar-refractivity contribution is 5.95. The second kappa shape index (κ2) is 8.56. The van der Waals surface area contributed by atoms with Gasteiger partial charge in [0.25, 0.3) is 5.91 Å². The van der Waals surface area contributed by atoms with E-state index in [-0.39, 0.29) is 23.6 Å². The van der Waals surface area contributed by atoms with E-state index in [1.165, 1.54) is 0 Å². The van der Waals surface area contributed by atoms with Crippen LogP contribution in [-0.2, 0) is 9.59 Å². The van der Waals surface area contributed by atoms with Gasteiger partial charge in [0.05, 0.1) is 0 Å². The molecule has 1 aromatic carbocycles. The summed E-state index contributed by atoms with van der Waals surface area (Å²) in [6.45, 7) is 5.61. The molecule has 0 radical (unpaired) electrons. The molecule has 3 amide bonds. The SMILES string of the molecule is Cc1ccccc1C(=O)N1CCC(C(=O)N2CCC(N3CCCC3=O)CC2)CC1. The molecular formula is C23H31N3O3. The number of piperidine rings is 2. The van der Waals surface area contributed by atoms with Crippen LogP contribution >= 0.6 is 0 Å². The summed E-state index contributed by atoms with van der Waals surface area (Å²) in [4.78, 5) is 43.6. The minimum atomic E-state index is 0.0147. The van der Waals surface area contributed by atoms with E-state index in [0.717, 1.165) is 62.9 Å². The first-order chi connectivity index (χ1) is 14.0. The summed E-state index contributed by atoms with van der Waals surface area (Å²) in [5.74, 6) is 0.602. The van der Waals surface area contributed by atoms with Crippen molar-refractivity contribution >= 4 is 17.7 Å². The van der Waals surface area contributed by atoms with E-state index >= 15 is 0 Å². The Kier molecular flexibility index (Phi) is 5.88. The molecule has 6 heteroatoms. The van der Waals surface area contributed by atoms with Crippen LogP contribution in [0.4, 0.5) is 0 Å². The molecule has 1 aromatic rings. The van der Waals surface area contributed by atoms with E-state index in [1.807, 2.05) is 45.9 Å². The fourth-order valence-corrected chi connectivity index (χ4v) is 5.02. The number of nitrogens with zero attached hydrogens (tertiary/aromatic N) is 3. The summed E-state index contributed by atoms with van der Waals surface area (Å²) < 4.78 is 0. The quantitative estimate of drug-likeness (QED) is 0.787. The van der Waals surface area contributed by atoms with Crippen LogP contribution in [0.25, 0.3) is 0 Å². The zero-order valence-corrected chi connectivity index (χ0v) is 17.3. The topological polar surface area (TPSA) is 60.9 Å². The maximum atomic E-state index is 13.0. The molecule has 3 aliphatic heterocycles. The number of carbonyl (C=O) groups is 3. The monoisotopic (exact) mass is 397 g/mol. The van der Waals surface area contributed by atoms with Gasteiger partial charge in [0, 0.05) is 56.7 Å². The summed E-state index contributed by atoms with van der Waals surface area (Å²) >= 11 is 0. The van der Waals surface area contributed by atoms with Crippen molar-refractivity contribution in [3.63, 3.8) is 0 Å². The van der Waals surface area contributed by atoms with Crippen molar-refractivity contribution < 1.29 is 14.4 Å². The number of hydrogen-bond acceptors (Lipinski definition) is 3. The normalized spacial score (nSPS) is 21.7. The van der Waals surface area contributed by atoms with Crippen LogP contribution in [0.5, 0.6) is 0 Å². The average molecular weight is 398 g/mol. The molecule has 3 heterocycles. The van der Waals surface area contributed by atoms with E-state index in [0.29, 0.717) is 25.6 Å². The first-order valence-electron chi connectivity index (χ1n) is 11.0. The predicted octanol–water partition coefficient (Wildman–Crippen LogP) is 2.46. The first-order valence-corrected chi connectivity index (χ1v) is 11.0. The smallest absolute Gasteiger partial charge is 0.254 e. The zero-order valence-electron chi connectivity index (χ0n) is 17.3. The van der Waals surface area contributed by atoms with Gasteiger partial charge >= 0.3 is 0 Å². The number of benzene rings is 1. The molecule has 0 aliphatic carbocycles. The molecule has 0 bridgehead atoms. The lowest BCUT2D eigenvalue weighted by Crippen LogP contribution is -2.50. The van der Waals surface area contributed by atoms with Crippen LogP contribution in [0, 0.1) is 12.8 Å². The van der Waals surface area contributed by atoms with Crippen LogP contribution in [0.3, 0.4) is 0 Å². The van der Waals surface area contributed by atoms with Crippen LogP contribution in [0.1, 0.15) is 54.4 Å². The van der Waals surface area contributed by atoms with E-state index in [4.69, 9.17) is 0 Å². The Labute approximate surface area is 172 Å². The molecular weight excluding hydrogens is 366 g/mol. The number of amides is 3. The molecule has 0 atom stereocenters. The number of hydrogen-bond donors (Lipinski definition) is 0. The van der Waals surface area contributed by atoms with Gasteiger partial charge in [0.2, 0.25) is 11.8 Å². The van der Waals surface area contributed by atoms with Crippen molar-refractivity contribution in [1.29, 1.82) is 0 Å². The largest absolute Gasteiger partial charge is 0.342 e. The standard InChI is InChI=1S/C23H31N3O3/c1-17-5-2-3-6-20(17)23(29)25-13-8-18(9-14-25)22(28)24-15-10-19(11-16-24)26-12-4-7-21(26)27/h2-3,5-6,18-19H,4,7-16H2,1H3. The van der Waals surface area contributed by atoms with Crippen molar-refractivity contribution in [2.24, 2.45) is 5.92 Å². The molecule has 3 saturated heterocycles. The Morgan fingerprint density at radius 1 is 0.897 bits per heavy atom. The summed E-state index contributed by atoms with van der Waals surface area (Å²) in [7, 11) is 0.